The van der Waals surface area contributed by atoms with E-state index in [-0.39, 0.29) is 42.7 Å². The topological polar surface area (TPSA) is 69.8 Å². The Hall–Kier alpha value is -0.0700. The van der Waals surface area contributed by atoms with Gasteiger partial charge < -0.3 is 20.6 Å². The van der Waals surface area contributed by atoms with E-state index in [1.54, 1.807) is 4.90 Å². The van der Waals surface area contributed by atoms with E-state index in [1.165, 1.54) is 0 Å². The second kappa shape index (κ2) is 11.5. The second-order valence-corrected chi connectivity index (χ2v) is 6.58. The highest BCUT2D eigenvalue weighted by Gasteiger charge is 2.25. The van der Waals surface area contributed by atoms with Crippen molar-refractivity contribution >= 4 is 30.7 Å². The molecule has 1 amide bonds. The number of likely N-dealkylation sites (tertiary alicyclic amines) is 1. The molecule has 22 heavy (non-hydrogen) atoms. The molecule has 2 atom stereocenters. The SMILES string of the molecule is CC(O)CN1CCC(CN(C)C(=O)C(N)C(C)C)CC1.Cl.Cl. The zero-order valence-corrected chi connectivity index (χ0v) is 15.8. The van der Waals surface area contributed by atoms with Crippen LogP contribution in [-0.4, -0.2) is 66.2 Å². The van der Waals surface area contributed by atoms with E-state index in [0.717, 1.165) is 39.0 Å². The van der Waals surface area contributed by atoms with Crippen LogP contribution in [0.4, 0.5) is 0 Å². The molecule has 0 aromatic heterocycles. The van der Waals surface area contributed by atoms with Crippen molar-refractivity contribution in [1.29, 1.82) is 0 Å². The zero-order chi connectivity index (χ0) is 15.3. The minimum Gasteiger partial charge on any atom is -0.392 e. The lowest BCUT2D eigenvalue weighted by Crippen LogP contribution is -2.47. The lowest BCUT2D eigenvalue weighted by Gasteiger charge is -2.35. The summed E-state index contributed by atoms with van der Waals surface area (Å²) in [6.07, 6.45) is 1.91. The maximum absolute atomic E-state index is 12.1. The van der Waals surface area contributed by atoms with E-state index >= 15 is 0 Å². The molecule has 1 aliphatic rings. The Morgan fingerprint density at radius 3 is 2.18 bits per heavy atom. The molecule has 7 heteroatoms. The summed E-state index contributed by atoms with van der Waals surface area (Å²) in [6.45, 7) is 9.34. The Labute approximate surface area is 147 Å². The average molecular weight is 358 g/mol. The Balaban J connectivity index is 0. The van der Waals surface area contributed by atoms with Crippen molar-refractivity contribution in [2.24, 2.45) is 17.6 Å². The highest BCUT2D eigenvalue weighted by Crippen LogP contribution is 2.18. The first-order valence-corrected chi connectivity index (χ1v) is 7.72. The van der Waals surface area contributed by atoms with Gasteiger partial charge in [-0.3, -0.25) is 4.79 Å². The third-order valence-corrected chi connectivity index (χ3v) is 4.14. The minimum absolute atomic E-state index is 0. The highest BCUT2D eigenvalue weighted by molar-refractivity contribution is 5.85. The number of β-amino-alcohol motifs (C(OH)–C–C–N with tert-alkyl or cyclic N) is 1. The van der Waals surface area contributed by atoms with Crippen molar-refractivity contribution in [2.45, 2.75) is 45.8 Å². The van der Waals surface area contributed by atoms with Crippen LogP contribution in [0.25, 0.3) is 0 Å². The Kier molecular flexibility index (Phi) is 12.6. The van der Waals surface area contributed by atoms with Crippen molar-refractivity contribution in [3.8, 4) is 0 Å². The number of likely N-dealkylation sites (N-methyl/N-ethyl adjacent to an activating group) is 1. The van der Waals surface area contributed by atoms with E-state index in [1.807, 2.05) is 27.8 Å². The van der Waals surface area contributed by atoms with Gasteiger partial charge in [0.05, 0.1) is 12.1 Å². The molecule has 0 aromatic rings. The maximum atomic E-state index is 12.1. The number of carbonyl (C=O) groups excluding carboxylic acids is 1. The third-order valence-electron chi connectivity index (χ3n) is 4.14. The highest BCUT2D eigenvalue weighted by atomic mass is 35.5. The number of aliphatic hydroxyl groups is 1. The predicted octanol–water partition coefficient (Wildman–Crippen LogP) is 1.36. The van der Waals surface area contributed by atoms with Gasteiger partial charge in [0, 0.05) is 20.1 Å². The summed E-state index contributed by atoms with van der Waals surface area (Å²) in [5, 5.41) is 9.39. The van der Waals surface area contributed by atoms with Gasteiger partial charge >= 0.3 is 0 Å². The minimum atomic E-state index is -0.393. The van der Waals surface area contributed by atoms with E-state index < -0.39 is 6.04 Å². The summed E-state index contributed by atoms with van der Waals surface area (Å²) >= 11 is 0. The molecule has 5 nitrogen and oxygen atoms in total. The fourth-order valence-electron chi connectivity index (χ4n) is 2.74. The zero-order valence-electron chi connectivity index (χ0n) is 14.2. The Morgan fingerprint density at radius 1 is 1.27 bits per heavy atom. The smallest absolute Gasteiger partial charge is 0.239 e. The Morgan fingerprint density at radius 2 is 1.77 bits per heavy atom. The van der Waals surface area contributed by atoms with E-state index in [9.17, 15) is 9.90 Å². The molecule has 0 radical (unpaired) electrons. The van der Waals surface area contributed by atoms with Gasteiger partial charge in [0.25, 0.3) is 0 Å². The molecule has 0 aromatic carbocycles. The molecular weight excluding hydrogens is 325 g/mol. The number of halogens is 2. The molecule has 3 N–H and O–H groups in total. The number of hydrogen-bond acceptors (Lipinski definition) is 4. The summed E-state index contributed by atoms with van der Waals surface area (Å²) in [6, 6.07) is -0.393. The van der Waals surface area contributed by atoms with Gasteiger partial charge in [-0.1, -0.05) is 13.8 Å². The van der Waals surface area contributed by atoms with Crippen LogP contribution >= 0.6 is 24.8 Å². The van der Waals surface area contributed by atoms with E-state index in [4.69, 9.17) is 5.73 Å². The molecule has 0 bridgehead atoms. The molecule has 1 aliphatic heterocycles. The number of nitrogens with two attached hydrogens (primary N) is 1. The van der Waals surface area contributed by atoms with Gasteiger partial charge in [-0.2, -0.15) is 0 Å². The number of amides is 1. The first-order valence-electron chi connectivity index (χ1n) is 7.72. The number of nitrogens with zero attached hydrogens (tertiary/aromatic N) is 2. The lowest BCUT2D eigenvalue weighted by molar-refractivity contribution is -0.133. The van der Waals surface area contributed by atoms with Crippen LogP contribution in [0.1, 0.15) is 33.6 Å². The summed E-state index contributed by atoms with van der Waals surface area (Å²) in [7, 11) is 1.85. The van der Waals surface area contributed by atoms with E-state index in [0.29, 0.717) is 5.92 Å². The third kappa shape index (κ3) is 7.97. The molecule has 1 fully saturated rings. The number of hydrogen-bond donors (Lipinski definition) is 2. The van der Waals surface area contributed by atoms with Crippen molar-refractivity contribution in [1.82, 2.24) is 9.80 Å². The average Bonchev–Trinajstić information content (AvgIpc) is 2.38. The van der Waals surface area contributed by atoms with Crippen LogP contribution in [-0.2, 0) is 4.79 Å². The predicted molar refractivity (Wildman–Crippen MR) is 95.8 cm³/mol. The standard InChI is InChI=1S/C15H31N3O2.2ClH/c1-11(2)14(16)15(20)17(4)10-13-5-7-18(8-6-13)9-12(3)19;;/h11-14,19H,5-10,16H2,1-4H3;2*1H. The molecule has 1 saturated heterocycles. The van der Waals surface area contributed by atoms with Gasteiger partial charge in [-0.15, -0.1) is 24.8 Å². The number of carbonyl (C=O) groups is 1. The van der Waals surface area contributed by atoms with Crippen molar-refractivity contribution in [2.75, 3.05) is 33.2 Å². The summed E-state index contributed by atoms with van der Waals surface area (Å²) in [5.74, 6) is 0.776. The van der Waals surface area contributed by atoms with E-state index in [2.05, 4.69) is 4.90 Å². The molecular formula is C15H33Cl2N3O2. The van der Waals surface area contributed by atoms with Crippen LogP contribution in [0.5, 0.6) is 0 Å². The lowest BCUT2D eigenvalue weighted by atomic mass is 9.95. The molecule has 134 valence electrons. The largest absolute Gasteiger partial charge is 0.392 e. The second-order valence-electron chi connectivity index (χ2n) is 6.58. The van der Waals surface area contributed by atoms with Crippen LogP contribution in [0.3, 0.4) is 0 Å². The van der Waals surface area contributed by atoms with Crippen molar-refractivity contribution < 1.29 is 9.90 Å². The van der Waals surface area contributed by atoms with Crippen molar-refractivity contribution in [3.05, 3.63) is 0 Å². The van der Waals surface area contributed by atoms with Crippen LogP contribution in [0, 0.1) is 11.8 Å². The summed E-state index contributed by atoms with van der Waals surface area (Å²) in [5.41, 5.74) is 5.92. The Bertz CT molecular complexity index is 309. The number of piperidine rings is 1. The fraction of sp³-hybridized carbons (Fsp3) is 0.933. The monoisotopic (exact) mass is 357 g/mol. The quantitative estimate of drug-likeness (QED) is 0.752. The molecule has 1 rings (SSSR count). The summed E-state index contributed by atoms with van der Waals surface area (Å²) in [4.78, 5) is 16.2. The van der Waals surface area contributed by atoms with Crippen LogP contribution < -0.4 is 5.73 Å². The number of rotatable bonds is 6. The molecule has 0 spiro atoms. The maximum Gasteiger partial charge on any atom is 0.239 e. The van der Waals surface area contributed by atoms with Gasteiger partial charge in [0.15, 0.2) is 0 Å². The van der Waals surface area contributed by atoms with Gasteiger partial charge in [-0.05, 0) is 44.7 Å². The van der Waals surface area contributed by atoms with Crippen molar-refractivity contribution in [3.63, 3.8) is 0 Å². The van der Waals surface area contributed by atoms with Gasteiger partial charge in [0.1, 0.15) is 0 Å². The molecule has 2 unspecified atom stereocenters. The normalized spacial score (nSPS) is 19.0. The van der Waals surface area contributed by atoms with Gasteiger partial charge in [0.2, 0.25) is 5.91 Å². The molecule has 0 saturated carbocycles. The van der Waals surface area contributed by atoms with Crippen LogP contribution in [0.15, 0.2) is 0 Å². The molecule has 0 aliphatic carbocycles. The first-order chi connectivity index (χ1) is 9.31. The first kappa shape index (κ1) is 24.2. The van der Waals surface area contributed by atoms with Gasteiger partial charge in [-0.25, -0.2) is 0 Å². The number of aliphatic hydroxyl groups excluding tert-OH is 1. The van der Waals surface area contributed by atoms with Crippen LogP contribution in [0.2, 0.25) is 0 Å². The molecule has 1 heterocycles. The fourth-order valence-corrected chi connectivity index (χ4v) is 2.74. The summed E-state index contributed by atoms with van der Waals surface area (Å²) < 4.78 is 0.